The van der Waals surface area contributed by atoms with Gasteiger partial charge in [0.2, 0.25) is 5.88 Å². The predicted molar refractivity (Wildman–Crippen MR) is 134 cm³/mol. The van der Waals surface area contributed by atoms with Crippen molar-refractivity contribution in [2.45, 2.75) is 38.8 Å². The zero-order valence-electron chi connectivity index (χ0n) is 19.8. The van der Waals surface area contributed by atoms with E-state index in [9.17, 15) is 0 Å². The van der Waals surface area contributed by atoms with Crippen LogP contribution in [0.3, 0.4) is 0 Å². The topological polar surface area (TPSA) is 46.6 Å². The van der Waals surface area contributed by atoms with E-state index in [2.05, 4.69) is 64.6 Å². The Morgan fingerprint density at radius 1 is 1.00 bits per heavy atom. The second-order valence-corrected chi connectivity index (χ2v) is 8.68. The minimum atomic E-state index is 0.278. The molecule has 3 aromatic rings. The molecule has 0 spiro atoms. The molecule has 5 nitrogen and oxygen atoms in total. The molecule has 33 heavy (non-hydrogen) atoms. The number of nitrogens with zero attached hydrogens (tertiary/aromatic N) is 2. The molecule has 0 saturated carbocycles. The van der Waals surface area contributed by atoms with Gasteiger partial charge in [0.05, 0.1) is 7.11 Å². The van der Waals surface area contributed by atoms with Crippen LogP contribution in [0.5, 0.6) is 11.6 Å². The third-order valence-electron chi connectivity index (χ3n) is 6.33. The molecule has 1 aliphatic rings. The quantitative estimate of drug-likeness (QED) is 0.448. The standard InChI is InChI=1S/C28H35N3O2/c1-22(24-9-5-3-6-10-24)29-20-23-11-13-27(32-2)26(19-23)25-12-14-28(30-21-25)33-18-17-31-15-7-4-8-16-31/h3,5-6,9-14,19,21-22,29H,4,7-8,15-18,20H2,1-2H3. The fraction of sp³-hybridized carbons (Fsp3) is 0.393. The highest BCUT2D eigenvalue weighted by molar-refractivity contribution is 5.70. The number of pyridine rings is 1. The Morgan fingerprint density at radius 3 is 2.55 bits per heavy atom. The fourth-order valence-electron chi connectivity index (χ4n) is 4.31. The number of methoxy groups -OCH3 is 1. The minimum Gasteiger partial charge on any atom is -0.496 e. The van der Waals surface area contributed by atoms with Gasteiger partial charge in [0.25, 0.3) is 0 Å². The molecular formula is C28H35N3O2. The number of rotatable bonds is 10. The average molecular weight is 446 g/mol. The van der Waals surface area contributed by atoms with Crippen LogP contribution < -0.4 is 14.8 Å². The number of hydrogen-bond acceptors (Lipinski definition) is 5. The molecule has 0 bridgehead atoms. The van der Waals surface area contributed by atoms with Crippen molar-refractivity contribution in [1.82, 2.24) is 15.2 Å². The van der Waals surface area contributed by atoms with E-state index in [4.69, 9.17) is 9.47 Å². The van der Waals surface area contributed by atoms with E-state index < -0.39 is 0 Å². The molecule has 0 radical (unpaired) electrons. The Kier molecular flexibility index (Phi) is 8.34. The Hall–Kier alpha value is -2.89. The van der Waals surface area contributed by atoms with Crippen LogP contribution in [0.4, 0.5) is 0 Å². The molecule has 1 unspecified atom stereocenters. The van der Waals surface area contributed by atoms with Crippen molar-refractivity contribution in [3.05, 3.63) is 78.0 Å². The van der Waals surface area contributed by atoms with Crippen LogP contribution in [0.15, 0.2) is 66.9 Å². The molecule has 0 aliphatic carbocycles. The van der Waals surface area contributed by atoms with Gasteiger partial charge in [-0.25, -0.2) is 4.98 Å². The van der Waals surface area contributed by atoms with Crippen LogP contribution in [-0.2, 0) is 6.54 Å². The monoisotopic (exact) mass is 445 g/mol. The Balaban J connectivity index is 1.37. The molecule has 1 fully saturated rings. The number of aromatic nitrogens is 1. The van der Waals surface area contributed by atoms with Crippen molar-refractivity contribution < 1.29 is 9.47 Å². The summed E-state index contributed by atoms with van der Waals surface area (Å²) in [4.78, 5) is 7.02. The second kappa shape index (κ2) is 11.8. The lowest BCUT2D eigenvalue weighted by Gasteiger charge is -2.26. The van der Waals surface area contributed by atoms with Gasteiger partial charge >= 0.3 is 0 Å². The van der Waals surface area contributed by atoms with Crippen molar-refractivity contribution in [2.75, 3.05) is 33.4 Å². The van der Waals surface area contributed by atoms with E-state index in [0.29, 0.717) is 12.5 Å². The highest BCUT2D eigenvalue weighted by Gasteiger charge is 2.12. The van der Waals surface area contributed by atoms with Gasteiger partial charge in [-0.3, -0.25) is 4.90 Å². The highest BCUT2D eigenvalue weighted by Crippen LogP contribution is 2.31. The Bertz CT molecular complexity index is 986. The third-order valence-corrected chi connectivity index (χ3v) is 6.33. The smallest absolute Gasteiger partial charge is 0.213 e. The molecule has 5 heteroatoms. The minimum absolute atomic E-state index is 0.278. The van der Waals surface area contributed by atoms with Gasteiger partial charge in [0.1, 0.15) is 12.4 Å². The van der Waals surface area contributed by atoms with Crippen molar-refractivity contribution in [1.29, 1.82) is 0 Å². The average Bonchev–Trinajstić information content (AvgIpc) is 2.88. The number of hydrogen-bond donors (Lipinski definition) is 1. The summed E-state index contributed by atoms with van der Waals surface area (Å²) in [7, 11) is 1.71. The Labute approximate surface area is 197 Å². The van der Waals surface area contributed by atoms with Crippen molar-refractivity contribution >= 4 is 0 Å². The molecule has 0 amide bonds. The summed E-state index contributed by atoms with van der Waals surface area (Å²) in [6.07, 6.45) is 5.83. The zero-order valence-corrected chi connectivity index (χ0v) is 19.8. The van der Waals surface area contributed by atoms with Crippen LogP contribution in [0, 0.1) is 0 Å². The molecule has 1 aromatic heterocycles. The summed E-state index contributed by atoms with van der Waals surface area (Å²) in [5.74, 6) is 1.51. The lowest BCUT2D eigenvalue weighted by atomic mass is 10.0. The molecule has 1 saturated heterocycles. The summed E-state index contributed by atoms with van der Waals surface area (Å²) in [5.41, 5.74) is 4.55. The summed E-state index contributed by atoms with van der Waals surface area (Å²) < 4.78 is 11.5. The lowest BCUT2D eigenvalue weighted by molar-refractivity contribution is 0.180. The number of likely N-dealkylation sites (tertiary alicyclic amines) is 1. The largest absolute Gasteiger partial charge is 0.496 e. The highest BCUT2D eigenvalue weighted by atomic mass is 16.5. The molecule has 1 aliphatic heterocycles. The first-order valence-electron chi connectivity index (χ1n) is 12.0. The van der Waals surface area contributed by atoms with Crippen LogP contribution in [0.1, 0.15) is 43.4 Å². The maximum absolute atomic E-state index is 5.89. The maximum atomic E-state index is 5.89. The van der Waals surface area contributed by atoms with E-state index in [1.54, 1.807) is 7.11 Å². The SMILES string of the molecule is COc1ccc(CNC(C)c2ccccc2)cc1-c1ccc(OCCN2CCCCC2)nc1. The maximum Gasteiger partial charge on any atom is 0.213 e. The van der Waals surface area contributed by atoms with E-state index >= 15 is 0 Å². The van der Waals surface area contributed by atoms with Crippen LogP contribution >= 0.6 is 0 Å². The second-order valence-electron chi connectivity index (χ2n) is 8.68. The number of nitrogens with one attached hydrogen (secondary N) is 1. The third kappa shape index (κ3) is 6.56. The van der Waals surface area contributed by atoms with Crippen molar-refractivity contribution in [3.8, 4) is 22.8 Å². The van der Waals surface area contributed by atoms with Crippen molar-refractivity contribution in [2.24, 2.45) is 0 Å². The van der Waals surface area contributed by atoms with Crippen LogP contribution in [0.25, 0.3) is 11.1 Å². The van der Waals surface area contributed by atoms with E-state index in [1.165, 1.54) is 43.5 Å². The van der Waals surface area contributed by atoms with Gasteiger partial charge < -0.3 is 14.8 Å². The molecule has 174 valence electrons. The lowest BCUT2D eigenvalue weighted by Crippen LogP contribution is -2.33. The first-order valence-corrected chi connectivity index (χ1v) is 12.0. The molecule has 2 heterocycles. The zero-order chi connectivity index (χ0) is 22.9. The molecule has 1 N–H and O–H groups in total. The van der Waals surface area contributed by atoms with E-state index in [-0.39, 0.29) is 6.04 Å². The van der Waals surface area contributed by atoms with E-state index in [0.717, 1.165) is 30.0 Å². The summed E-state index contributed by atoms with van der Waals surface area (Å²) >= 11 is 0. The molecule has 4 rings (SSSR count). The number of ether oxygens (including phenoxy) is 2. The van der Waals surface area contributed by atoms with Gasteiger partial charge in [0, 0.05) is 42.5 Å². The summed E-state index contributed by atoms with van der Waals surface area (Å²) in [6.45, 7) is 6.98. The number of piperidine rings is 1. The van der Waals surface area contributed by atoms with Crippen LogP contribution in [0.2, 0.25) is 0 Å². The van der Waals surface area contributed by atoms with Gasteiger partial charge in [-0.05, 0) is 62.2 Å². The fourth-order valence-corrected chi connectivity index (χ4v) is 4.31. The first kappa shape index (κ1) is 23.3. The normalized spacial score (nSPS) is 15.2. The van der Waals surface area contributed by atoms with Gasteiger partial charge in [-0.1, -0.05) is 42.8 Å². The van der Waals surface area contributed by atoms with Crippen LogP contribution in [-0.4, -0.2) is 43.2 Å². The number of benzene rings is 2. The molecule has 1 atom stereocenters. The van der Waals surface area contributed by atoms with Gasteiger partial charge in [-0.2, -0.15) is 0 Å². The predicted octanol–water partition coefficient (Wildman–Crippen LogP) is 5.47. The van der Waals surface area contributed by atoms with E-state index in [1.807, 2.05) is 24.4 Å². The first-order chi connectivity index (χ1) is 16.2. The Morgan fingerprint density at radius 2 is 1.82 bits per heavy atom. The summed E-state index contributed by atoms with van der Waals surface area (Å²) in [6, 6.07) is 21.1. The van der Waals surface area contributed by atoms with Gasteiger partial charge in [-0.15, -0.1) is 0 Å². The van der Waals surface area contributed by atoms with Crippen molar-refractivity contribution in [3.63, 3.8) is 0 Å². The molecular weight excluding hydrogens is 410 g/mol. The molecule has 2 aromatic carbocycles. The van der Waals surface area contributed by atoms with Gasteiger partial charge in [0.15, 0.2) is 0 Å². The summed E-state index contributed by atoms with van der Waals surface area (Å²) in [5, 5.41) is 3.61.